The van der Waals surface area contributed by atoms with Gasteiger partial charge in [0.1, 0.15) is 0 Å². The monoisotopic (exact) mass is 203 g/mol. The van der Waals surface area contributed by atoms with E-state index in [2.05, 4.69) is 34.5 Å². The van der Waals surface area contributed by atoms with Crippen molar-refractivity contribution in [3.8, 4) is 0 Å². The van der Waals surface area contributed by atoms with E-state index >= 15 is 0 Å². The van der Waals surface area contributed by atoms with Crippen LogP contribution in [0, 0.1) is 0 Å². The van der Waals surface area contributed by atoms with Crippen LogP contribution < -0.4 is 0 Å². The highest BCUT2D eigenvalue weighted by Gasteiger charge is 1.86. The molecule has 0 radical (unpaired) electrons. The van der Waals surface area contributed by atoms with Gasteiger partial charge in [-0.3, -0.25) is 0 Å². The van der Waals surface area contributed by atoms with E-state index in [1.165, 1.54) is 18.0 Å². The van der Waals surface area contributed by atoms with Gasteiger partial charge in [-0.15, -0.1) is 0 Å². The molecule has 0 fully saturated rings. The summed E-state index contributed by atoms with van der Waals surface area (Å²) in [7, 11) is 1.31. The average Bonchev–Trinajstić information content (AvgIpc) is 2.76. The van der Waals surface area contributed by atoms with Gasteiger partial charge >= 0.3 is 5.97 Å². The summed E-state index contributed by atoms with van der Waals surface area (Å²) in [5.41, 5.74) is 1.21. The molecule has 2 rings (SSSR count). The molecule has 0 bridgehead atoms. The van der Waals surface area contributed by atoms with Crippen molar-refractivity contribution in [2.75, 3.05) is 7.11 Å². The van der Waals surface area contributed by atoms with Crippen molar-refractivity contribution in [2.24, 2.45) is 0 Å². The molecule has 0 amide bonds. The summed E-state index contributed by atoms with van der Waals surface area (Å²) in [5, 5.41) is 1.28. The Morgan fingerprint density at radius 3 is 2.67 bits per heavy atom. The highest BCUT2D eigenvalue weighted by molar-refractivity contribution is 5.81. The van der Waals surface area contributed by atoms with Gasteiger partial charge in [0.15, 0.2) is 0 Å². The molecule has 0 aliphatic rings. The van der Waals surface area contributed by atoms with Gasteiger partial charge in [-0.2, -0.15) is 0 Å². The zero-order chi connectivity index (χ0) is 11.1. The lowest BCUT2D eigenvalue weighted by Crippen LogP contribution is -1.91. The van der Waals surface area contributed by atoms with Crippen LogP contribution in [0.4, 0.5) is 0 Å². The first-order chi connectivity index (χ1) is 7.27. The highest BCUT2D eigenvalue weighted by atomic mass is 16.5. The van der Waals surface area contributed by atoms with Crippen molar-refractivity contribution in [1.29, 1.82) is 0 Å². The van der Waals surface area contributed by atoms with Crippen molar-refractivity contribution in [1.82, 2.24) is 4.98 Å². The number of fused-ring (bicyclic) bond motifs is 1. The van der Waals surface area contributed by atoms with E-state index in [1.54, 1.807) is 0 Å². The standard InChI is InChI=1S/C8H7N.C4H6O2/c1-2-4-8-7(3-1)5-6-9-8;1-3-4(5)6-2/h1-6,9H;3H,1H2,2H3. The Hall–Kier alpha value is -2.03. The van der Waals surface area contributed by atoms with E-state index in [9.17, 15) is 4.79 Å². The maximum Gasteiger partial charge on any atom is 0.329 e. The Morgan fingerprint density at radius 2 is 2.13 bits per heavy atom. The lowest BCUT2D eigenvalue weighted by Gasteiger charge is -1.83. The number of methoxy groups -OCH3 is 1. The average molecular weight is 203 g/mol. The van der Waals surface area contributed by atoms with Crippen molar-refractivity contribution < 1.29 is 9.53 Å². The third-order valence-electron chi connectivity index (χ3n) is 1.83. The van der Waals surface area contributed by atoms with Crippen LogP contribution in [-0.2, 0) is 9.53 Å². The number of benzene rings is 1. The lowest BCUT2D eigenvalue weighted by atomic mass is 10.3. The molecule has 0 atom stereocenters. The fraction of sp³-hybridized carbons (Fsp3) is 0.0833. The molecule has 3 nitrogen and oxygen atoms in total. The molecular weight excluding hydrogens is 190 g/mol. The maximum absolute atomic E-state index is 9.84. The van der Waals surface area contributed by atoms with Gasteiger partial charge in [0.05, 0.1) is 7.11 Å². The SMILES string of the molecule is C=CC(=O)OC.c1ccc2[nH]ccc2c1. The smallest absolute Gasteiger partial charge is 0.329 e. The molecule has 15 heavy (non-hydrogen) atoms. The lowest BCUT2D eigenvalue weighted by molar-refractivity contribution is -0.134. The summed E-state index contributed by atoms with van der Waals surface area (Å²) >= 11 is 0. The molecule has 2 aromatic rings. The van der Waals surface area contributed by atoms with E-state index < -0.39 is 5.97 Å². The second-order valence-electron chi connectivity index (χ2n) is 2.79. The summed E-state index contributed by atoms with van der Waals surface area (Å²) in [6, 6.07) is 10.3. The number of hydrogen-bond acceptors (Lipinski definition) is 2. The summed E-state index contributed by atoms with van der Waals surface area (Å²) in [4.78, 5) is 13.0. The molecule has 0 aliphatic carbocycles. The first-order valence-corrected chi connectivity index (χ1v) is 4.50. The summed E-state index contributed by atoms with van der Waals surface area (Å²) < 4.78 is 4.14. The van der Waals surface area contributed by atoms with Gasteiger partial charge in [0, 0.05) is 17.8 Å². The van der Waals surface area contributed by atoms with E-state index in [-0.39, 0.29) is 0 Å². The fourth-order valence-electron chi connectivity index (χ4n) is 1.08. The second kappa shape index (κ2) is 5.65. The van der Waals surface area contributed by atoms with Crippen LogP contribution in [0.3, 0.4) is 0 Å². The Balaban J connectivity index is 0.000000167. The minimum absolute atomic E-state index is 0.394. The van der Waals surface area contributed by atoms with E-state index in [1.807, 2.05) is 18.3 Å². The summed E-state index contributed by atoms with van der Waals surface area (Å²) in [5.74, 6) is -0.394. The molecule has 0 spiro atoms. The number of para-hydroxylation sites is 1. The number of esters is 1. The fourth-order valence-corrected chi connectivity index (χ4v) is 1.08. The molecule has 1 heterocycles. The quantitative estimate of drug-likeness (QED) is 0.571. The first-order valence-electron chi connectivity index (χ1n) is 4.50. The zero-order valence-electron chi connectivity index (χ0n) is 8.57. The molecule has 3 heteroatoms. The molecule has 0 saturated heterocycles. The van der Waals surface area contributed by atoms with Crippen LogP contribution in [0.5, 0.6) is 0 Å². The maximum atomic E-state index is 9.84. The van der Waals surface area contributed by atoms with Crippen molar-refractivity contribution in [3.63, 3.8) is 0 Å². The largest absolute Gasteiger partial charge is 0.466 e. The summed E-state index contributed by atoms with van der Waals surface area (Å²) in [6.07, 6.45) is 3.06. The van der Waals surface area contributed by atoms with Crippen molar-refractivity contribution in [3.05, 3.63) is 49.2 Å². The number of nitrogens with one attached hydrogen (secondary N) is 1. The molecule has 0 aliphatic heterocycles. The molecule has 78 valence electrons. The molecule has 1 aromatic carbocycles. The number of aromatic amines is 1. The number of carbonyl (C=O) groups is 1. The van der Waals surface area contributed by atoms with Gasteiger partial charge < -0.3 is 9.72 Å². The molecule has 0 unspecified atom stereocenters. The van der Waals surface area contributed by atoms with E-state index in [4.69, 9.17) is 0 Å². The number of hydrogen-bond donors (Lipinski definition) is 1. The van der Waals surface area contributed by atoms with Crippen LogP contribution in [0.2, 0.25) is 0 Å². The minimum atomic E-state index is -0.394. The third kappa shape index (κ3) is 3.31. The van der Waals surface area contributed by atoms with Crippen LogP contribution in [-0.4, -0.2) is 18.1 Å². The zero-order valence-corrected chi connectivity index (χ0v) is 8.57. The van der Waals surface area contributed by atoms with Crippen LogP contribution in [0.15, 0.2) is 49.2 Å². The van der Waals surface area contributed by atoms with E-state index in [0.29, 0.717) is 0 Å². The van der Waals surface area contributed by atoms with Crippen molar-refractivity contribution in [2.45, 2.75) is 0 Å². The Bertz CT molecular complexity index is 415. The van der Waals surface area contributed by atoms with E-state index in [0.717, 1.165) is 6.08 Å². The number of carbonyl (C=O) groups excluding carboxylic acids is 1. The van der Waals surface area contributed by atoms with Gasteiger partial charge in [-0.1, -0.05) is 24.8 Å². The molecular formula is C12H13NO2. The Kier molecular flexibility index (Phi) is 4.16. The third-order valence-corrected chi connectivity index (χ3v) is 1.83. The number of ether oxygens (including phenoxy) is 1. The molecule has 0 saturated carbocycles. The number of aromatic nitrogens is 1. The molecule has 1 aromatic heterocycles. The normalized spacial score (nSPS) is 8.87. The predicted octanol–water partition coefficient (Wildman–Crippen LogP) is 2.51. The van der Waals surface area contributed by atoms with Gasteiger partial charge in [-0.05, 0) is 17.5 Å². The molecule has 1 N–H and O–H groups in total. The highest BCUT2D eigenvalue weighted by Crippen LogP contribution is 2.09. The Labute approximate surface area is 88.4 Å². The first kappa shape index (κ1) is 11.0. The Morgan fingerprint density at radius 1 is 1.40 bits per heavy atom. The second-order valence-corrected chi connectivity index (χ2v) is 2.79. The van der Waals surface area contributed by atoms with Crippen LogP contribution in [0.1, 0.15) is 0 Å². The van der Waals surface area contributed by atoms with Crippen molar-refractivity contribution >= 4 is 16.9 Å². The van der Waals surface area contributed by atoms with Crippen LogP contribution >= 0.6 is 0 Å². The van der Waals surface area contributed by atoms with Gasteiger partial charge in [0.2, 0.25) is 0 Å². The summed E-state index contributed by atoms with van der Waals surface area (Å²) in [6.45, 7) is 3.16. The minimum Gasteiger partial charge on any atom is -0.466 e. The van der Waals surface area contributed by atoms with Gasteiger partial charge in [0.25, 0.3) is 0 Å². The van der Waals surface area contributed by atoms with Gasteiger partial charge in [-0.25, -0.2) is 4.79 Å². The predicted molar refractivity (Wildman–Crippen MR) is 60.5 cm³/mol. The van der Waals surface area contributed by atoms with Crippen LogP contribution in [0.25, 0.3) is 10.9 Å². The topological polar surface area (TPSA) is 42.1 Å². The number of H-pyrrole nitrogens is 1. The number of rotatable bonds is 1.